The summed E-state index contributed by atoms with van der Waals surface area (Å²) in [5.41, 5.74) is 0.510. The van der Waals surface area contributed by atoms with E-state index in [2.05, 4.69) is 27.3 Å². The molecule has 1 N–H and O–H groups in total. The average Bonchev–Trinajstić information content (AvgIpc) is 3.29. The van der Waals surface area contributed by atoms with Crippen molar-refractivity contribution in [3.05, 3.63) is 41.5 Å². The molecule has 0 aliphatic carbocycles. The number of para-hydroxylation sites is 1. The number of hydrogen-bond donors (Lipinski definition) is 1. The second-order valence-electron chi connectivity index (χ2n) is 6.32. The molecule has 7 heteroatoms. The second kappa shape index (κ2) is 8.11. The van der Waals surface area contributed by atoms with Gasteiger partial charge in [0.25, 0.3) is 5.91 Å². The highest BCUT2D eigenvalue weighted by molar-refractivity contribution is 5.96. The molecule has 3 rings (SSSR count). The van der Waals surface area contributed by atoms with Crippen LogP contribution in [0, 0.1) is 6.92 Å². The third-order valence-corrected chi connectivity index (χ3v) is 4.38. The standard InChI is InChI=1S/C18H24N4O3/c1-13(22-9-5-6-10-22)11-19-18(23)15-7-3-4-8-16(15)24-12-17-20-14(2)25-21-17/h3-4,7-8,13H,5-6,9-12H2,1-2H3,(H,19,23)/t13-/m0/s1. The van der Waals surface area contributed by atoms with Crippen LogP contribution in [0.1, 0.15) is 41.8 Å². The van der Waals surface area contributed by atoms with E-state index in [4.69, 9.17) is 9.26 Å². The molecule has 1 aliphatic rings. The van der Waals surface area contributed by atoms with Gasteiger partial charge in [-0.1, -0.05) is 17.3 Å². The average molecular weight is 344 g/mol. The molecule has 0 unspecified atom stereocenters. The maximum atomic E-state index is 12.5. The van der Waals surface area contributed by atoms with Crippen LogP contribution in [0.15, 0.2) is 28.8 Å². The van der Waals surface area contributed by atoms with Crippen LogP contribution in [-0.4, -0.2) is 46.6 Å². The van der Waals surface area contributed by atoms with Crippen LogP contribution in [0.4, 0.5) is 0 Å². The quantitative estimate of drug-likeness (QED) is 0.829. The van der Waals surface area contributed by atoms with Crippen LogP contribution < -0.4 is 10.1 Å². The van der Waals surface area contributed by atoms with Crippen molar-refractivity contribution in [3.63, 3.8) is 0 Å². The van der Waals surface area contributed by atoms with Crippen molar-refractivity contribution in [2.24, 2.45) is 0 Å². The number of hydrogen-bond acceptors (Lipinski definition) is 6. The molecule has 1 amide bonds. The maximum absolute atomic E-state index is 12.5. The predicted octanol–water partition coefficient (Wildman–Crippen LogP) is 2.17. The molecule has 25 heavy (non-hydrogen) atoms. The Morgan fingerprint density at radius 1 is 1.36 bits per heavy atom. The molecule has 2 heterocycles. The van der Waals surface area contributed by atoms with Crippen LogP contribution in [0.2, 0.25) is 0 Å². The fraction of sp³-hybridized carbons (Fsp3) is 0.500. The molecule has 7 nitrogen and oxygen atoms in total. The van der Waals surface area contributed by atoms with Gasteiger partial charge in [-0.2, -0.15) is 4.98 Å². The molecular weight excluding hydrogens is 320 g/mol. The SMILES string of the molecule is Cc1nc(COc2ccccc2C(=O)NC[C@H](C)N2CCCC2)no1. The largest absolute Gasteiger partial charge is 0.485 e. The number of carbonyl (C=O) groups excluding carboxylic acids is 1. The lowest BCUT2D eigenvalue weighted by atomic mass is 10.2. The summed E-state index contributed by atoms with van der Waals surface area (Å²) in [6.07, 6.45) is 2.48. The first-order valence-electron chi connectivity index (χ1n) is 8.67. The van der Waals surface area contributed by atoms with Gasteiger partial charge in [0.2, 0.25) is 11.7 Å². The summed E-state index contributed by atoms with van der Waals surface area (Å²) in [4.78, 5) is 19.0. The van der Waals surface area contributed by atoms with Crippen molar-refractivity contribution in [1.29, 1.82) is 0 Å². The Morgan fingerprint density at radius 3 is 2.84 bits per heavy atom. The van der Waals surface area contributed by atoms with Gasteiger partial charge in [-0.3, -0.25) is 9.69 Å². The number of nitrogens with zero attached hydrogens (tertiary/aromatic N) is 3. The van der Waals surface area contributed by atoms with Gasteiger partial charge in [0.15, 0.2) is 6.61 Å². The molecule has 1 saturated heterocycles. The van der Waals surface area contributed by atoms with Crippen molar-refractivity contribution in [2.75, 3.05) is 19.6 Å². The molecular formula is C18H24N4O3. The van der Waals surface area contributed by atoms with Gasteiger partial charge < -0.3 is 14.6 Å². The number of ether oxygens (including phenoxy) is 1. The lowest BCUT2D eigenvalue weighted by molar-refractivity contribution is 0.0935. The summed E-state index contributed by atoms with van der Waals surface area (Å²) in [6, 6.07) is 7.52. The molecule has 2 aromatic rings. The van der Waals surface area contributed by atoms with Crippen LogP contribution in [0.3, 0.4) is 0 Å². The topological polar surface area (TPSA) is 80.5 Å². The first-order valence-corrected chi connectivity index (χ1v) is 8.67. The highest BCUT2D eigenvalue weighted by Gasteiger charge is 2.19. The van der Waals surface area contributed by atoms with Crippen molar-refractivity contribution in [1.82, 2.24) is 20.4 Å². The molecule has 0 spiro atoms. The molecule has 134 valence electrons. The van der Waals surface area contributed by atoms with Crippen LogP contribution in [-0.2, 0) is 6.61 Å². The van der Waals surface area contributed by atoms with Crippen molar-refractivity contribution < 1.29 is 14.1 Å². The lowest BCUT2D eigenvalue weighted by Crippen LogP contribution is -2.40. The Morgan fingerprint density at radius 2 is 2.12 bits per heavy atom. The van der Waals surface area contributed by atoms with Gasteiger partial charge in [0, 0.05) is 19.5 Å². The predicted molar refractivity (Wildman–Crippen MR) is 92.4 cm³/mol. The molecule has 1 aliphatic heterocycles. The molecule has 1 atom stereocenters. The van der Waals surface area contributed by atoms with Crippen LogP contribution in [0.25, 0.3) is 0 Å². The van der Waals surface area contributed by atoms with Gasteiger partial charge in [0.05, 0.1) is 5.56 Å². The fourth-order valence-electron chi connectivity index (χ4n) is 2.97. The zero-order chi connectivity index (χ0) is 17.6. The van der Waals surface area contributed by atoms with Gasteiger partial charge in [0.1, 0.15) is 5.75 Å². The van der Waals surface area contributed by atoms with E-state index >= 15 is 0 Å². The lowest BCUT2D eigenvalue weighted by Gasteiger charge is -2.24. The van der Waals surface area contributed by atoms with E-state index in [1.165, 1.54) is 12.8 Å². The van der Waals surface area contributed by atoms with Crippen molar-refractivity contribution in [2.45, 2.75) is 39.3 Å². The van der Waals surface area contributed by atoms with E-state index in [1.807, 2.05) is 12.1 Å². The number of aryl methyl sites for hydroxylation is 1. The van der Waals surface area contributed by atoms with Crippen LogP contribution >= 0.6 is 0 Å². The summed E-state index contributed by atoms with van der Waals surface area (Å²) in [5.74, 6) is 1.32. The normalized spacial score (nSPS) is 15.9. The van der Waals surface area contributed by atoms with E-state index in [0.29, 0.717) is 35.6 Å². The number of benzene rings is 1. The highest BCUT2D eigenvalue weighted by atomic mass is 16.5. The molecule has 1 aromatic carbocycles. The Hall–Kier alpha value is -2.41. The Labute approximate surface area is 147 Å². The monoisotopic (exact) mass is 344 g/mol. The molecule has 0 radical (unpaired) electrons. The number of nitrogens with one attached hydrogen (secondary N) is 1. The third-order valence-electron chi connectivity index (χ3n) is 4.38. The van der Waals surface area contributed by atoms with E-state index in [-0.39, 0.29) is 12.5 Å². The van der Waals surface area contributed by atoms with E-state index in [0.717, 1.165) is 13.1 Å². The minimum absolute atomic E-state index is 0.133. The van der Waals surface area contributed by atoms with Crippen molar-refractivity contribution >= 4 is 5.91 Å². The minimum Gasteiger partial charge on any atom is -0.485 e. The van der Waals surface area contributed by atoms with Gasteiger partial charge in [-0.25, -0.2) is 0 Å². The smallest absolute Gasteiger partial charge is 0.255 e. The first-order chi connectivity index (χ1) is 12.1. The van der Waals surface area contributed by atoms with E-state index in [9.17, 15) is 4.79 Å². The highest BCUT2D eigenvalue weighted by Crippen LogP contribution is 2.19. The van der Waals surface area contributed by atoms with Crippen LogP contribution in [0.5, 0.6) is 5.75 Å². The zero-order valence-corrected chi connectivity index (χ0v) is 14.7. The summed E-state index contributed by atoms with van der Waals surface area (Å²) in [7, 11) is 0. The minimum atomic E-state index is -0.133. The molecule has 0 bridgehead atoms. The zero-order valence-electron chi connectivity index (χ0n) is 14.7. The summed E-state index contributed by atoms with van der Waals surface area (Å²) in [6.45, 7) is 6.87. The first kappa shape index (κ1) is 17.4. The summed E-state index contributed by atoms with van der Waals surface area (Å²) in [5, 5.41) is 6.80. The Bertz CT molecular complexity index is 710. The Kier molecular flexibility index (Phi) is 5.65. The number of rotatable bonds is 7. The van der Waals surface area contributed by atoms with Gasteiger partial charge in [-0.15, -0.1) is 0 Å². The van der Waals surface area contributed by atoms with Gasteiger partial charge >= 0.3 is 0 Å². The second-order valence-corrected chi connectivity index (χ2v) is 6.32. The van der Waals surface area contributed by atoms with Gasteiger partial charge in [-0.05, 0) is 45.0 Å². The number of likely N-dealkylation sites (tertiary alicyclic amines) is 1. The number of amides is 1. The number of carbonyl (C=O) groups is 1. The molecule has 0 saturated carbocycles. The summed E-state index contributed by atoms with van der Waals surface area (Å²) < 4.78 is 10.6. The summed E-state index contributed by atoms with van der Waals surface area (Å²) >= 11 is 0. The van der Waals surface area contributed by atoms with E-state index < -0.39 is 0 Å². The molecule has 1 aromatic heterocycles. The molecule has 1 fully saturated rings. The fourth-order valence-corrected chi connectivity index (χ4v) is 2.97. The maximum Gasteiger partial charge on any atom is 0.255 e. The van der Waals surface area contributed by atoms with Crippen molar-refractivity contribution in [3.8, 4) is 5.75 Å². The van der Waals surface area contributed by atoms with E-state index in [1.54, 1.807) is 19.1 Å². The third kappa shape index (κ3) is 4.57. The number of aromatic nitrogens is 2. The Balaban J connectivity index is 1.58.